The molecule has 2 aliphatic heterocycles. The lowest BCUT2D eigenvalue weighted by Gasteiger charge is -2.34. The van der Waals surface area contributed by atoms with Crippen LogP contribution in [0.2, 0.25) is 0 Å². The lowest BCUT2D eigenvalue weighted by atomic mass is 9.92. The van der Waals surface area contributed by atoms with Crippen molar-refractivity contribution in [1.82, 2.24) is 15.1 Å². The van der Waals surface area contributed by atoms with E-state index in [4.69, 9.17) is 4.74 Å². The predicted octanol–water partition coefficient (Wildman–Crippen LogP) is 4.58. The number of carboxylic acid groups (broad SMARTS) is 1. The Morgan fingerprint density at radius 2 is 2.06 bits per heavy atom. The summed E-state index contributed by atoms with van der Waals surface area (Å²) < 4.78 is 36.1. The highest BCUT2D eigenvalue weighted by molar-refractivity contribution is 5.91. The molecule has 166 valence electrons. The fourth-order valence-electron chi connectivity index (χ4n) is 4.24. The monoisotopic (exact) mass is 440 g/mol. The van der Waals surface area contributed by atoms with Gasteiger partial charge in [-0.05, 0) is 44.0 Å². The summed E-state index contributed by atoms with van der Waals surface area (Å²) in [4.78, 5) is 13.2. The van der Waals surface area contributed by atoms with Crippen LogP contribution in [0.15, 0.2) is 42.7 Å². The highest BCUT2D eigenvalue weighted by atomic mass is 19.1. The van der Waals surface area contributed by atoms with Gasteiger partial charge in [0, 0.05) is 48.1 Å². The minimum atomic E-state index is -1.07. The summed E-state index contributed by atoms with van der Waals surface area (Å²) in [6.07, 6.45) is 3.65. The second-order valence-corrected chi connectivity index (χ2v) is 8.18. The van der Waals surface area contributed by atoms with Crippen LogP contribution in [0.3, 0.4) is 0 Å². The lowest BCUT2D eigenvalue weighted by Crippen LogP contribution is -2.43. The minimum Gasteiger partial charge on any atom is -0.465 e. The molecule has 2 aliphatic rings. The Balaban J connectivity index is 1.65. The molecule has 0 spiro atoms. The molecule has 0 unspecified atom stereocenters. The van der Waals surface area contributed by atoms with Gasteiger partial charge in [-0.15, -0.1) is 0 Å². The number of hydrogen-bond donors (Lipinski definition) is 2. The van der Waals surface area contributed by atoms with E-state index in [2.05, 4.69) is 10.4 Å². The van der Waals surface area contributed by atoms with Gasteiger partial charge in [0.1, 0.15) is 11.6 Å². The van der Waals surface area contributed by atoms with Crippen molar-refractivity contribution in [3.05, 3.63) is 59.9 Å². The predicted molar refractivity (Wildman–Crippen MR) is 114 cm³/mol. The molecule has 1 aromatic heterocycles. The second-order valence-electron chi connectivity index (χ2n) is 8.18. The number of rotatable bonds is 4. The second kappa shape index (κ2) is 7.90. The quantitative estimate of drug-likeness (QED) is 0.621. The number of carbonyl (C=O) groups is 1. The van der Waals surface area contributed by atoms with E-state index in [1.807, 2.05) is 17.8 Å². The van der Waals surface area contributed by atoms with E-state index < -0.39 is 17.7 Å². The van der Waals surface area contributed by atoms with E-state index in [0.717, 1.165) is 36.9 Å². The first-order valence-electron chi connectivity index (χ1n) is 10.5. The van der Waals surface area contributed by atoms with Gasteiger partial charge in [0.2, 0.25) is 0 Å². The standard InChI is InChI=1S/C23H22F2N4O3/c1-13-2-4-18-20(29(13)23(30)31)7-5-17(14-9-27-28(12-14)16-10-26-11-16)22(18)32-21-8-15(24)3-6-19(21)25/h3,5-9,12-13,16,26H,2,4,10-11H2,1H3,(H,30,31)/t13-/m0/s1. The van der Waals surface area contributed by atoms with Gasteiger partial charge in [0.05, 0.1) is 17.9 Å². The van der Waals surface area contributed by atoms with E-state index in [1.54, 1.807) is 18.3 Å². The van der Waals surface area contributed by atoms with Crippen LogP contribution in [0, 0.1) is 11.6 Å². The van der Waals surface area contributed by atoms with E-state index >= 15 is 0 Å². The Labute approximate surface area is 183 Å². The molecule has 9 heteroatoms. The normalized spacial score (nSPS) is 18.2. The van der Waals surface area contributed by atoms with Gasteiger partial charge in [-0.2, -0.15) is 5.10 Å². The molecule has 1 saturated heterocycles. The third-order valence-electron chi connectivity index (χ3n) is 6.11. The smallest absolute Gasteiger partial charge is 0.412 e. The maximum atomic E-state index is 14.4. The summed E-state index contributed by atoms with van der Waals surface area (Å²) in [7, 11) is 0. The summed E-state index contributed by atoms with van der Waals surface area (Å²) in [5, 5.41) is 17.4. The number of amides is 1. The number of aromatic nitrogens is 2. The molecule has 2 N–H and O–H groups in total. The van der Waals surface area contributed by atoms with Crippen LogP contribution in [-0.2, 0) is 6.42 Å². The Morgan fingerprint density at radius 1 is 1.25 bits per heavy atom. The molecule has 5 rings (SSSR count). The van der Waals surface area contributed by atoms with Gasteiger partial charge in [0.15, 0.2) is 11.6 Å². The van der Waals surface area contributed by atoms with Gasteiger partial charge in [-0.3, -0.25) is 9.58 Å². The molecule has 7 nitrogen and oxygen atoms in total. The Bertz CT molecular complexity index is 1190. The zero-order valence-electron chi connectivity index (χ0n) is 17.4. The molecule has 0 bridgehead atoms. The highest BCUT2D eigenvalue weighted by Crippen LogP contribution is 2.45. The van der Waals surface area contributed by atoms with E-state index in [-0.39, 0.29) is 17.8 Å². The minimum absolute atomic E-state index is 0.210. The Morgan fingerprint density at radius 3 is 2.78 bits per heavy atom. The molecular formula is C23H22F2N4O3. The maximum Gasteiger partial charge on any atom is 0.412 e. The summed E-state index contributed by atoms with van der Waals surface area (Å²) in [6.45, 7) is 3.50. The molecule has 0 radical (unpaired) electrons. The van der Waals surface area contributed by atoms with Gasteiger partial charge < -0.3 is 15.2 Å². The van der Waals surface area contributed by atoms with Crippen LogP contribution in [-0.4, -0.2) is 40.1 Å². The molecule has 3 aromatic rings. The fourth-order valence-corrected chi connectivity index (χ4v) is 4.24. The molecule has 1 fully saturated rings. The summed E-state index contributed by atoms with van der Waals surface area (Å²) in [6, 6.07) is 6.56. The zero-order chi connectivity index (χ0) is 22.4. The molecule has 0 aliphatic carbocycles. The topological polar surface area (TPSA) is 79.6 Å². The molecular weight excluding hydrogens is 418 g/mol. The zero-order valence-corrected chi connectivity index (χ0v) is 17.4. The van der Waals surface area contributed by atoms with Crippen LogP contribution in [0.1, 0.15) is 24.9 Å². The largest absolute Gasteiger partial charge is 0.465 e. The van der Waals surface area contributed by atoms with Gasteiger partial charge in [0.25, 0.3) is 0 Å². The van der Waals surface area contributed by atoms with E-state index in [1.165, 1.54) is 4.90 Å². The number of halogens is 2. The van der Waals surface area contributed by atoms with Crippen molar-refractivity contribution in [2.75, 3.05) is 18.0 Å². The van der Waals surface area contributed by atoms with Crippen molar-refractivity contribution >= 4 is 11.8 Å². The number of fused-ring (bicyclic) bond motifs is 1. The van der Waals surface area contributed by atoms with Crippen molar-refractivity contribution < 1.29 is 23.4 Å². The maximum absolute atomic E-state index is 14.4. The number of ether oxygens (including phenoxy) is 1. The Kier molecular flexibility index (Phi) is 5.05. The van der Waals surface area contributed by atoms with E-state index in [9.17, 15) is 18.7 Å². The summed E-state index contributed by atoms with van der Waals surface area (Å²) in [5.41, 5.74) is 2.53. The van der Waals surface area contributed by atoms with Crippen molar-refractivity contribution in [3.8, 4) is 22.6 Å². The third-order valence-corrected chi connectivity index (χ3v) is 6.11. The SMILES string of the molecule is C[C@H]1CCc2c(ccc(-c3cnn(C4CNC4)c3)c2Oc2cc(F)ccc2F)N1C(=O)O. The Hall–Kier alpha value is -3.46. The molecule has 3 heterocycles. The van der Waals surface area contributed by atoms with Gasteiger partial charge >= 0.3 is 6.09 Å². The number of anilines is 1. The van der Waals surface area contributed by atoms with Gasteiger partial charge in [-0.25, -0.2) is 13.6 Å². The first kappa shape index (κ1) is 20.4. The van der Waals surface area contributed by atoms with E-state index in [0.29, 0.717) is 35.4 Å². The van der Waals surface area contributed by atoms with Crippen molar-refractivity contribution in [1.29, 1.82) is 0 Å². The average molecular weight is 440 g/mol. The van der Waals surface area contributed by atoms with Crippen LogP contribution >= 0.6 is 0 Å². The third kappa shape index (κ3) is 3.48. The molecule has 1 atom stereocenters. The van der Waals surface area contributed by atoms with Crippen LogP contribution in [0.25, 0.3) is 11.1 Å². The molecule has 32 heavy (non-hydrogen) atoms. The van der Waals surface area contributed by atoms with Gasteiger partial charge in [-0.1, -0.05) is 0 Å². The van der Waals surface area contributed by atoms with Crippen molar-refractivity contribution in [3.63, 3.8) is 0 Å². The number of hydrogen-bond acceptors (Lipinski definition) is 4. The average Bonchev–Trinajstić information content (AvgIpc) is 3.18. The van der Waals surface area contributed by atoms with Crippen LogP contribution in [0.4, 0.5) is 19.3 Å². The lowest BCUT2D eigenvalue weighted by molar-refractivity contribution is 0.198. The van der Waals surface area contributed by atoms with Crippen molar-refractivity contribution in [2.45, 2.75) is 31.8 Å². The van der Waals surface area contributed by atoms with Crippen LogP contribution < -0.4 is 15.0 Å². The fraction of sp³-hybridized carbons (Fsp3) is 0.304. The summed E-state index contributed by atoms with van der Waals surface area (Å²) >= 11 is 0. The molecule has 2 aromatic carbocycles. The number of nitrogens with one attached hydrogen (secondary N) is 1. The first-order chi connectivity index (χ1) is 15.4. The number of benzene rings is 2. The van der Waals surface area contributed by atoms with Crippen molar-refractivity contribution in [2.24, 2.45) is 0 Å². The summed E-state index contributed by atoms with van der Waals surface area (Å²) in [5.74, 6) is -1.27. The first-order valence-corrected chi connectivity index (χ1v) is 10.5. The molecule has 0 saturated carbocycles. The highest BCUT2D eigenvalue weighted by Gasteiger charge is 2.32. The number of nitrogens with zero attached hydrogens (tertiary/aromatic N) is 3. The van der Waals surface area contributed by atoms with Crippen LogP contribution in [0.5, 0.6) is 11.5 Å². The molecule has 1 amide bonds.